The van der Waals surface area contributed by atoms with Crippen molar-refractivity contribution in [2.45, 2.75) is 26.7 Å². The van der Waals surface area contributed by atoms with Crippen LogP contribution in [0.15, 0.2) is 79.0 Å². The number of benzene rings is 3. The number of nitrogens with zero attached hydrogens (tertiary/aromatic N) is 4. The van der Waals surface area contributed by atoms with Gasteiger partial charge in [-0.3, -0.25) is 4.98 Å². The Bertz CT molecular complexity index is 1630. The number of phenolic OH excluding ortho intramolecular Hbond substituents is 1. The summed E-state index contributed by atoms with van der Waals surface area (Å²) < 4.78 is 0. The molecule has 5 nitrogen and oxygen atoms in total. The van der Waals surface area contributed by atoms with E-state index >= 15 is 0 Å². The van der Waals surface area contributed by atoms with Gasteiger partial charge in [-0.05, 0) is 71.4 Å². The van der Waals surface area contributed by atoms with Gasteiger partial charge in [-0.1, -0.05) is 44.2 Å². The summed E-state index contributed by atoms with van der Waals surface area (Å²) in [5, 5.41) is 11.6. The number of phenols is 1. The van der Waals surface area contributed by atoms with Gasteiger partial charge in [0.15, 0.2) is 0 Å². The van der Waals surface area contributed by atoms with Crippen LogP contribution < -0.4 is 9.80 Å². The van der Waals surface area contributed by atoms with Crippen molar-refractivity contribution in [1.82, 2.24) is 9.97 Å². The fourth-order valence-corrected chi connectivity index (χ4v) is 5.01. The number of fused-ring (bicyclic) bond motifs is 3. The molecule has 0 unspecified atom stereocenters. The van der Waals surface area contributed by atoms with Crippen LogP contribution in [0.2, 0.25) is 0 Å². The zero-order chi connectivity index (χ0) is 25.0. The summed E-state index contributed by atoms with van der Waals surface area (Å²) in [6.45, 7) is 6.38. The molecule has 1 aliphatic rings. The van der Waals surface area contributed by atoms with Gasteiger partial charge in [-0.15, -0.1) is 23.8 Å². The molecule has 0 radical (unpaired) electrons. The van der Waals surface area contributed by atoms with Gasteiger partial charge < -0.3 is 14.9 Å². The summed E-state index contributed by atoms with van der Waals surface area (Å²) >= 11 is 0. The van der Waals surface area contributed by atoms with Crippen molar-refractivity contribution in [2.75, 3.05) is 16.8 Å². The maximum Gasteiger partial charge on any atom is 0.140 e. The smallest absolute Gasteiger partial charge is 0.140 e. The molecular formula is C31H27N4OPt-. The maximum atomic E-state index is 10.6. The molecule has 37 heavy (non-hydrogen) atoms. The van der Waals surface area contributed by atoms with Crippen molar-refractivity contribution in [3.8, 4) is 17.0 Å². The predicted octanol–water partition coefficient (Wildman–Crippen LogP) is 7.78. The largest absolute Gasteiger partial charge is 0.506 e. The molecule has 1 N–H and O–H groups in total. The van der Waals surface area contributed by atoms with Crippen LogP contribution in [0.25, 0.3) is 22.2 Å². The number of hydrogen-bond acceptors (Lipinski definition) is 5. The van der Waals surface area contributed by atoms with Gasteiger partial charge in [0.05, 0.1) is 11.4 Å². The van der Waals surface area contributed by atoms with Crippen LogP contribution in [0.3, 0.4) is 0 Å². The average molecular weight is 667 g/mol. The number of aromatic hydroxyl groups is 1. The van der Waals surface area contributed by atoms with Crippen molar-refractivity contribution in [3.05, 3.63) is 96.2 Å². The van der Waals surface area contributed by atoms with E-state index in [4.69, 9.17) is 9.97 Å². The number of aromatic nitrogens is 2. The first-order valence-corrected chi connectivity index (χ1v) is 12.2. The Kier molecular flexibility index (Phi) is 6.51. The summed E-state index contributed by atoms with van der Waals surface area (Å²) in [7, 11) is 2.08. The van der Waals surface area contributed by atoms with Gasteiger partial charge in [-0.2, -0.15) is 0 Å². The molecule has 0 aliphatic carbocycles. The van der Waals surface area contributed by atoms with E-state index in [1.54, 1.807) is 6.07 Å². The number of para-hydroxylation sites is 2. The summed E-state index contributed by atoms with van der Waals surface area (Å²) in [5.74, 6) is 1.37. The van der Waals surface area contributed by atoms with Crippen molar-refractivity contribution >= 4 is 39.5 Å². The number of rotatable bonds is 3. The summed E-state index contributed by atoms with van der Waals surface area (Å²) in [6, 6.07) is 28.0. The van der Waals surface area contributed by atoms with Crippen LogP contribution in [0.4, 0.5) is 28.6 Å². The molecule has 0 amide bonds. The molecule has 3 aromatic carbocycles. The number of pyridine rings is 2. The maximum absolute atomic E-state index is 10.6. The minimum absolute atomic E-state index is 0. The second-order valence-electron chi connectivity index (χ2n) is 9.60. The SMILES string of the molecule is Cc1ccnc(N2c3[c-]c(-c4ccc5c(C(C)C)ccc(O)c5n4)ccc3N(C)c3ccccc32)c1.[Pt]. The molecule has 0 saturated heterocycles. The van der Waals surface area contributed by atoms with Crippen molar-refractivity contribution in [2.24, 2.45) is 0 Å². The van der Waals surface area contributed by atoms with E-state index in [1.165, 1.54) is 5.56 Å². The molecule has 1 aliphatic heterocycles. The van der Waals surface area contributed by atoms with Gasteiger partial charge >= 0.3 is 0 Å². The Morgan fingerprint density at radius 2 is 1.68 bits per heavy atom. The Labute approximate surface area is 231 Å². The Balaban J connectivity index is 0.00000280. The normalized spacial score (nSPS) is 12.4. The zero-order valence-corrected chi connectivity index (χ0v) is 23.4. The average Bonchev–Trinajstić information content (AvgIpc) is 2.88. The number of hydrogen-bond donors (Lipinski definition) is 1. The molecule has 188 valence electrons. The van der Waals surface area contributed by atoms with E-state index in [0.29, 0.717) is 11.4 Å². The van der Waals surface area contributed by atoms with Crippen LogP contribution >= 0.6 is 0 Å². The fourth-order valence-electron chi connectivity index (χ4n) is 5.01. The molecule has 6 heteroatoms. The zero-order valence-electron chi connectivity index (χ0n) is 21.1. The molecule has 2 aromatic heterocycles. The first kappa shape index (κ1) is 25.0. The van der Waals surface area contributed by atoms with E-state index in [9.17, 15) is 5.11 Å². The first-order chi connectivity index (χ1) is 17.4. The van der Waals surface area contributed by atoms with Crippen LogP contribution in [-0.2, 0) is 21.1 Å². The Morgan fingerprint density at radius 3 is 2.43 bits per heavy atom. The van der Waals surface area contributed by atoms with Crippen LogP contribution in [-0.4, -0.2) is 22.1 Å². The summed E-state index contributed by atoms with van der Waals surface area (Å²) in [4.78, 5) is 13.9. The molecule has 0 fully saturated rings. The van der Waals surface area contributed by atoms with E-state index in [0.717, 1.165) is 50.8 Å². The Hall–Kier alpha value is -3.69. The van der Waals surface area contributed by atoms with E-state index in [2.05, 4.69) is 80.1 Å². The van der Waals surface area contributed by atoms with E-state index in [1.807, 2.05) is 36.5 Å². The van der Waals surface area contributed by atoms with Gasteiger partial charge in [0.1, 0.15) is 17.1 Å². The van der Waals surface area contributed by atoms with E-state index < -0.39 is 0 Å². The van der Waals surface area contributed by atoms with Crippen molar-refractivity contribution < 1.29 is 26.2 Å². The monoisotopic (exact) mass is 666 g/mol. The van der Waals surface area contributed by atoms with Crippen molar-refractivity contribution in [3.63, 3.8) is 0 Å². The van der Waals surface area contributed by atoms with Gasteiger partial charge in [0, 0.05) is 39.7 Å². The molecule has 5 aromatic rings. The molecule has 0 bridgehead atoms. The second-order valence-corrected chi connectivity index (χ2v) is 9.60. The standard InChI is InChI=1S/C31H27N4O.Pt/c1-19(2)22-11-14-29(36)31-23(22)10-12-24(33-31)21-9-13-26-28(18-21)35(30-17-20(3)15-16-32-30)27-8-6-5-7-25(27)34(26)4;/h5-17,19,36H,1-4H3;/q-1;. The third-order valence-electron chi connectivity index (χ3n) is 6.87. The summed E-state index contributed by atoms with van der Waals surface area (Å²) in [6.07, 6.45) is 1.84. The van der Waals surface area contributed by atoms with Crippen LogP contribution in [0.1, 0.15) is 30.9 Å². The first-order valence-electron chi connectivity index (χ1n) is 12.2. The van der Waals surface area contributed by atoms with Gasteiger partial charge in [0.25, 0.3) is 0 Å². The van der Waals surface area contributed by atoms with E-state index in [-0.39, 0.29) is 26.8 Å². The molecule has 6 rings (SSSR count). The molecule has 3 heterocycles. The molecule has 0 saturated carbocycles. The summed E-state index contributed by atoms with van der Waals surface area (Å²) in [5.41, 5.74) is 8.64. The quantitative estimate of drug-likeness (QED) is 0.200. The second kappa shape index (κ2) is 9.64. The Morgan fingerprint density at radius 1 is 0.892 bits per heavy atom. The van der Waals surface area contributed by atoms with Crippen LogP contribution in [0.5, 0.6) is 5.75 Å². The minimum atomic E-state index is 0. The number of aryl methyl sites for hydroxylation is 1. The van der Waals surface area contributed by atoms with Crippen LogP contribution in [0, 0.1) is 13.0 Å². The third-order valence-corrected chi connectivity index (χ3v) is 6.87. The van der Waals surface area contributed by atoms with Gasteiger partial charge in [0.2, 0.25) is 0 Å². The molecule has 0 spiro atoms. The minimum Gasteiger partial charge on any atom is -0.506 e. The molecular weight excluding hydrogens is 639 g/mol. The number of anilines is 5. The van der Waals surface area contributed by atoms with Crippen molar-refractivity contribution in [1.29, 1.82) is 0 Å². The fraction of sp³-hybridized carbons (Fsp3) is 0.161. The van der Waals surface area contributed by atoms with Gasteiger partial charge in [-0.25, -0.2) is 4.98 Å². The molecule has 0 atom stereocenters. The predicted molar refractivity (Wildman–Crippen MR) is 147 cm³/mol. The topological polar surface area (TPSA) is 52.5 Å². The third kappa shape index (κ3) is 4.18.